The number of amides is 1. The number of morpholine rings is 1. The van der Waals surface area contributed by atoms with Crippen molar-refractivity contribution in [1.29, 1.82) is 0 Å². The van der Waals surface area contributed by atoms with Crippen molar-refractivity contribution in [3.05, 3.63) is 62.9 Å². The minimum absolute atomic E-state index is 0.0842. The molecular weight excluding hydrogens is 459 g/mol. The van der Waals surface area contributed by atoms with Crippen LogP contribution in [-0.4, -0.2) is 59.8 Å². The van der Waals surface area contributed by atoms with Crippen LogP contribution < -0.4 is 5.32 Å². The van der Waals surface area contributed by atoms with E-state index in [1.165, 1.54) is 0 Å². The Balaban J connectivity index is 1.53. The molecule has 31 heavy (non-hydrogen) atoms. The Morgan fingerprint density at radius 1 is 1.06 bits per heavy atom. The van der Waals surface area contributed by atoms with Crippen LogP contribution in [0.25, 0.3) is 11.0 Å². The zero-order valence-corrected chi connectivity index (χ0v) is 19.2. The smallest absolute Gasteiger partial charge is 0.240 e. The molecule has 0 spiro atoms. The van der Waals surface area contributed by atoms with E-state index in [-0.39, 0.29) is 12.5 Å². The number of carbonyl (C=O) groups is 1. The minimum atomic E-state index is -0.0842. The van der Waals surface area contributed by atoms with Crippen molar-refractivity contribution in [1.82, 2.24) is 19.8 Å². The quantitative estimate of drug-likeness (QED) is 0.553. The van der Waals surface area contributed by atoms with Crippen LogP contribution in [0.15, 0.2) is 36.4 Å². The van der Waals surface area contributed by atoms with Crippen LogP contribution in [0.1, 0.15) is 11.4 Å². The minimum Gasteiger partial charge on any atom is -0.379 e. The third-order valence-electron chi connectivity index (χ3n) is 5.33. The maximum atomic E-state index is 12.7. The molecule has 1 saturated heterocycles. The summed E-state index contributed by atoms with van der Waals surface area (Å²) >= 11 is 18.8. The van der Waals surface area contributed by atoms with Crippen molar-refractivity contribution in [2.45, 2.75) is 13.0 Å². The highest BCUT2D eigenvalue weighted by atomic mass is 35.5. The summed E-state index contributed by atoms with van der Waals surface area (Å²) in [6, 6.07) is 11.1. The second-order valence-electron chi connectivity index (χ2n) is 7.44. The number of benzene rings is 2. The van der Waals surface area contributed by atoms with E-state index in [9.17, 15) is 4.79 Å². The monoisotopic (exact) mass is 480 g/mol. The SMILES string of the molecule is O=C(Cn1c(Cc2ccccc2Cl)nc2cc(Cl)c(Cl)cc21)NCCN1CCOCC1. The molecule has 0 atom stereocenters. The first-order valence-corrected chi connectivity index (χ1v) is 11.3. The average molecular weight is 482 g/mol. The summed E-state index contributed by atoms with van der Waals surface area (Å²) in [5.74, 6) is 0.642. The fourth-order valence-corrected chi connectivity index (χ4v) is 4.19. The van der Waals surface area contributed by atoms with Gasteiger partial charge in [-0.1, -0.05) is 53.0 Å². The van der Waals surface area contributed by atoms with Gasteiger partial charge in [0.1, 0.15) is 12.4 Å². The average Bonchev–Trinajstić information content (AvgIpc) is 3.07. The molecule has 2 heterocycles. The van der Waals surface area contributed by atoms with Crippen molar-refractivity contribution < 1.29 is 9.53 Å². The molecule has 1 N–H and O–H groups in total. The number of carbonyl (C=O) groups excluding carboxylic acids is 1. The predicted octanol–water partition coefficient (Wildman–Crippen LogP) is 4.04. The molecule has 4 rings (SSSR count). The zero-order valence-electron chi connectivity index (χ0n) is 16.9. The number of nitrogens with one attached hydrogen (secondary N) is 1. The third-order valence-corrected chi connectivity index (χ3v) is 6.42. The van der Waals surface area contributed by atoms with Crippen LogP contribution in [0, 0.1) is 0 Å². The molecule has 164 valence electrons. The van der Waals surface area contributed by atoms with Gasteiger partial charge >= 0.3 is 0 Å². The normalized spacial score (nSPS) is 14.8. The second kappa shape index (κ2) is 10.2. The number of halogens is 3. The van der Waals surface area contributed by atoms with Crippen LogP contribution in [0.4, 0.5) is 0 Å². The Bertz CT molecular complexity index is 1080. The standard InChI is InChI=1S/C22H23Cl3N4O2/c23-16-4-2-1-3-15(16)11-21-27-19-12-17(24)18(25)13-20(19)29(21)14-22(30)26-5-6-28-7-9-31-10-8-28/h1-4,12-13H,5-11,14H2,(H,26,30). The second-order valence-corrected chi connectivity index (χ2v) is 8.66. The molecule has 1 fully saturated rings. The summed E-state index contributed by atoms with van der Waals surface area (Å²) in [5.41, 5.74) is 2.39. The number of hydrogen-bond donors (Lipinski definition) is 1. The number of fused-ring (bicyclic) bond motifs is 1. The molecule has 0 radical (unpaired) electrons. The van der Waals surface area contributed by atoms with Crippen LogP contribution in [-0.2, 0) is 22.5 Å². The van der Waals surface area contributed by atoms with Crippen LogP contribution in [0.3, 0.4) is 0 Å². The molecule has 0 aliphatic carbocycles. The number of ether oxygens (including phenoxy) is 1. The van der Waals surface area contributed by atoms with Crippen LogP contribution in [0.5, 0.6) is 0 Å². The Labute approximate surface area is 196 Å². The highest BCUT2D eigenvalue weighted by molar-refractivity contribution is 6.42. The fraction of sp³-hybridized carbons (Fsp3) is 0.364. The van der Waals surface area contributed by atoms with Gasteiger partial charge in [0.05, 0.1) is 34.3 Å². The van der Waals surface area contributed by atoms with Crippen molar-refractivity contribution in [3.63, 3.8) is 0 Å². The first-order valence-electron chi connectivity index (χ1n) is 10.2. The zero-order chi connectivity index (χ0) is 21.8. The molecule has 6 nitrogen and oxygen atoms in total. The highest BCUT2D eigenvalue weighted by Crippen LogP contribution is 2.29. The molecule has 2 aromatic carbocycles. The molecule has 0 saturated carbocycles. The lowest BCUT2D eigenvalue weighted by molar-refractivity contribution is -0.121. The lowest BCUT2D eigenvalue weighted by Gasteiger charge is -2.26. The van der Waals surface area contributed by atoms with Gasteiger partial charge in [0.15, 0.2) is 0 Å². The van der Waals surface area contributed by atoms with E-state index < -0.39 is 0 Å². The maximum absolute atomic E-state index is 12.7. The van der Waals surface area contributed by atoms with Gasteiger partial charge in [-0.25, -0.2) is 4.98 Å². The van der Waals surface area contributed by atoms with Crippen LogP contribution >= 0.6 is 34.8 Å². The van der Waals surface area contributed by atoms with E-state index in [1.807, 2.05) is 28.8 Å². The van der Waals surface area contributed by atoms with E-state index in [0.717, 1.165) is 49.8 Å². The summed E-state index contributed by atoms with van der Waals surface area (Å²) in [4.78, 5) is 19.7. The van der Waals surface area contributed by atoms with Gasteiger partial charge in [-0.05, 0) is 23.8 Å². The Kier molecular flexibility index (Phi) is 7.35. The maximum Gasteiger partial charge on any atom is 0.240 e. The van der Waals surface area contributed by atoms with E-state index in [0.29, 0.717) is 33.6 Å². The van der Waals surface area contributed by atoms with E-state index in [4.69, 9.17) is 44.5 Å². The Morgan fingerprint density at radius 2 is 1.81 bits per heavy atom. The molecule has 1 aromatic heterocycles. The number of nitrogens with zero attached hydrogens (tertiary/aromatic N) is 3. The van der Waals surface area contributed by atoms with Gasteiger partial charge in [0.25, 0.3) is 0 Å². The van der Waals surface area contributed by atoms with Crippen molar-refractivity contribution in [2.75, 3.05) is 39.4 Å². The molecule has 0 bridgehead atoms. The van der Waals surface area contributed by atoms with Crippen molar-refractivity contribution >= 4 is 51.7 Å². The van der Waals surface area contributed by atoms with E-state index in [1.54, 1.807) is 12.1 Å². The van der Waals surface area contributed by atoms with Gasteiger partial charge in [-0.2, -0.15) is 0 Å². The molecule has 3 aromatic rings. The number of imidazole rings is 1. The van der Waals surface area contributed by atoms with Gasteiger partial charge in [-0.3, -0.25) is 9.69 Å². The van der Waals surface area contributed by atoms with Gasteiger partial charge in [0, 0.05) is 37.6 Å². The number of hydrogen-bond acceptors (Lipinski definition) is 4. The molecule has 1 aliphatic heterocycles. The van der Waals surface area contributed by atoms with Gasteiger partial charge in [0.2, 0.25) is 5.91 Å². The summed E-state index contributed by atoms with van der Waals surface area (Å²) < 4.78 is 7.24. The molecule has 9 heteroatoms. The highest BCUT2D eigenvalue weighted by Gasteiger charge is 2.17. The molecular formula is C22H23Cl3N4O2. The van der Waals surface area contributed by atoms with E-state index >= 15 is 0 Å². The van der Waals surface area contributed by atoms with Crippen LogP contribution in [0.2, 0.25) is 15.1 Å². The lowest BCUT2D eigenvalue weighted by atomic mass is 10.1. The third kappa shape index (κ3) is 5.51. The number of rotatable bonds is 7. The van der Waals surface area contributed by atoms with Crippen molar-refractivity contribution in [2.24, 2.45) is 0 Å². The summed E-state index contributed by atoms with van der Waals surface area (Å²) in [7, 11) is 0. The summed E-state index contributed by atoms with van der Waals surface area (Å²) in [6.07, 6.45) is 0.491. The lowest BCUT2D eigenvalue weighted by Crippen LogP contribution is -2.41. The topological polar surface area (TPSA) is 59.4 Å². The molecule has 1 amide bonds. The Morgan fingerprint density at radius 3 is 2.58 bits per heavy atom. The largest absolute Gasteiger partial charge is 0.379 e. The molecule has 1 aliphatic rings. The summed E-state index contributed by atoms with van der Waals surface area (Å²) in [5, 5.41) is 4.52. The van der Waals surface area contributed by atoms with Gasteiger partial charge < -0.3 is 14.6 Å². The first kappa shape index (κ1) is 22.4. The molecule has 0 unspecified atom stereocenters. The Hall–Kier alpha value is -1.83. The van der Waals surface area contributed by atoms with Gasteiger partial charge in [-0.15, -0.1) is 0 Å². The summed E-state index contributed by atoms with van der Waals surface area (Å²) in [6.45, 7) is 4.78. The number of aromatic nitrogens is 2. The van der Waals surface area contributed by atoms with E-state index in [2.05, 4.69) is 10.2 Å². The van der Waals surface area contributed by atoms with Crippen molar-refractivity contribution in [3.8, 4) is 0 Å². The fourth-order valence-electron chi connectivity index (χ4n) is 3.67. The first-order chi connectivity index (χ1) is 15.0. The predicted molar refractivity (Wildman–Crippen MR) is 124 cm³/mol.